The molecule has 0 aliphatic carbocycles. The summed E-state index contributed by atoms with van der Waals surface area (Å²) in [5.41, 5.74) is 5.19. The number of carboxylic acids is 1. The Morgan fingerprint density at radius 2 is 1.61 bits per heavy atom. The maximum Gasteiger partial charge on any atom is 0.335 e. The second kappa shape index (κ2) is 8.43. The van der Waals surface area contributed by atoms with Gasteiger partial charge in [-0.2, -0.15) is 5.10 Å². The van der Waals surface area contributed by atoms with Gasteiger partial charge >= 0.3 is 5.97 Å². The summed E-state index contributed by atoms with van der Waals surface area (Å²) in [5.74, 6) is -1.59. The minimum Gasteiger partial charge on any atom is -0.478 e. The van der Waals surface area contributed by atoms with Crippen molar-refractivity contribution in [3.8, 4) is 5.69 Å². The third-order valence-electron chi connectivity index (χ3n) is 4.86. The predicted molar refractivity (Wildman–Crippen MR) is 118 cm³/mol. The smallest absolute Gasteiger partial charge is 0.335 e. The molecule has 31 heavy (non-hydrogen) atoms. The van der Waals surface area contributed by atoms with Crippen LogP contribution in [0, 0.1) is 6.92 Å². The second-order valence-corrected chi connectivity index (χ2v) is 8.17. The lowest BCUT2D eigenvalue weighted by Crippen LogP contribution is -2.20. The van der Waals surface area contributed by atoms with Gasteiger partial charge < -0.3 is 5.11 Å². The summed E-state index contributed by atoms with van der Waals surface area (Å²) < 4.78 is 1.43. The number of carbonyl (C=O) groups is 2. The van der Waals surface area contributed by atoms with Crippen molar-refractivity contribution in [2.75, 3.05) is 0 Å². The molecule has 0 aliphatic heterocycles. The van der Waals surface area contributed by atoms with E-state index in [2.05, 4.69) is 36.4 Å². The molecule has 3 rings (SSSR count). The maximum atomic E-state index is 12.8. The van der Waals surface area contributed by atoms with Crippen molar-refractivity contribution in [2.24, 2.45) is 5.10 Å². The summed E-state index contributed by atoms with van der Waals surface area (Å²) in [6, 6.07) is 13.2. The fraction of sp³-hybridized carbons (Fsp3) is 0.217. The maximum absolute atomic E-state index is 12.8. The highest BCUT2D eigenvalue weighted by molar-refractivity contribution is 5.96. The van der Waals surface area contributed by atoms with E-state index >= 15 is 0 Å². The molecule has 0 radical (unpaired) electrons. The lowest BCUT2D eigenvalue weighted by molar-refractivity contribution is 0.0696. The summed E-state index contributed by atoms with van der Waals surface area (Å²) >= 11 is 0. The molecule has 0 unspecified atom stereocenters. The van der Waals surface area contributed by atoms with Gasteiger partial charge in [0.1, 0.15) is 0 Å². The zero-order valence-corrected chi connectivity index (χ0v) is 17.8. The third kappa shape index (κ3) is 4.80. The first kappa shape index (κ1) is 21.8. The molecular weight excluding hydrogens is 396 g/mol. The van der Waals surface area contributed by atoms with E-state index in [1.165, 1.54) is 35.2 Å². The number of benzene rings is 2. The van der Waals surface area contributed by atoms with Crippen LogP contribution in [0.1, 0.15) is 58.3 Å². The summed E-state index contributed by atoms with van der Waals surface area (Å²) in [6.07, 6.45) is 1.29. The number of aromatic carboxylic acids is 1. The number of amides is 1. The summed E-state index contributed by atoms with van der Waals surface area (Å²) in [6.45, 7) is 8.11. The summed E-state index contributed by atoms with van der Waals surface area (Å²) in [4.78, 5) is 35.8. The van der Waals surface area contributed by atoms with Crippen LogP contribution < -0.4 is 11.0 Å². The summed E-state index contributed by atoms with van der Waals surface area (Å²) in [7, 11) is 0. The molecule has 0 aliphatic rings. The molecule has 3 aromatic rings. The first-order valence-corrected chi connectivity index (χ1v) is 9.67. The molecule has 0 spiro atoms. The van der Waals surface area contributed by atoms with Crippen LogP contribution in [0.3, 0.4) is 0 Å². The highest BCUT2D eigenvalue weighted by Crippen LogP contribution is 2.22. The number of hydrazone groups is 1. The lowest BCUT2D eigenvalue weighted by Gasteiger charge is -2.19. The number of H-pyrrole nitrogens is 1. The van der Waals surface area contributed by atoms with E-state index in [-0.39, 0.29) is 22.1 Å². The molecule has 2 aromatic carbocycles. The number of carbonyl (C=O) groups excluding carboxylic acids is 1. The standard InChI is InChI=1S/C23H24N4O4/c1-14-19(13-24-25-20(28)15-5-7-16(8-6-15)22(30)31)21(29)27(26-14)18-11-9-17(10-12-18)23(2,3)4/h5-13,26H,1-4H3,(H,25,28)(H,30,31)/b24-13-. The average molecular weight is 420 g/mol. The first-order chi connectivity index (χ1) is 14.6. The third-order valence-corrected chi connectivity index (χ3v) is 4.86. The van der Waals surface area contributed by atoms with Crippen LogP contribution in [0.5, 0.6) is 0 Å². The number of carboxylic acid groups (broad SMARTS) is 1. The molecule has 160 valence electrons. The Balaban J connectivity index is 1.76. The predicted octanol–water partition coefficient (Wildman–Crippen LogP) is 3.23. The van der Waals surface area contributed by atoms with E-state index in [1.54, 1.807) is 6.92 Å². The van der Waals surface area contributed by atoms with Crippen LogP contribution in [0.2, 0.25) is 0 Å². The number of aromatic amines is 1. The molecule has 1 amide bonds. The van der Waals surface area contributed by atoms with E-state index < -0.39 is 11.9 Å². The molecule has 1 heterocycles. The fourth-order valence-electron chi connectivity index (χ4n) is 2.99. The largest absolute Gasteiger partial charge is 0.478 e. The minimum absolute atomic E-state index is 0.0130. The zero-order valence-electron chi connectivity index (χ0n) is 17.8. The molecular formula is C23H24N4O4. The number of hydrogen-bond acceptors (Lipinski definition) is 4. The molecule has 8 nitrogen and oxygen atoms in total. The number of hydrogen-bond donors (Lipinski definition) is 3. The zero-order chi connectivity index (χ0) is 22.8. The van der Waals surface area contributed by atoms with E-state index in [0.717, 1.165) is 5.56 Å². The Bertz CT molecular complexity index is 1190. The van der Waals surface area contributed by atoms with Crippen molar-refractivity contribution >= 4 is 18.1 Å². The van der Waals surface area contributed by atoms with Gasteiger partial charge in [-0.05, 0) is 54.3 Å². The van der Waals surface area contributed by atoms with Crippen LogP contribution in [0.4, 0.5) is 0 Å². The Hall–Kier alpha value is -3.94. The SMILES string of the molecule is Cc1[nH]n(-c2ccc(C(C)(C)C)cc2)c(=O)c1/C=N\NC(=O)c1ccc(C(=O)O)cc1. The Morgan fingerprint density at radius 3 is 2.16 bits per heavy atom. The van der Waals surface area contributed by atoms with Crippen molar-refractivity contribution in [3.05, 3.63) is 86.8 Å². The van der Waals surface area contributed by atoms with Crippen LogP contribution in [-0.4, -0.2) is 33.0 Å². The van der Waals surface area contributed by atoms with Crippen molar-refractivity contribution in [1.82, 2.24) is 15.2 Å². The van der Waals surface area contributed by atoms with Crippen molar-refractivity contribution in [3.63, 3.8) is 0 Å². The normalized spacial score (nSPS) is 11.6. The van der Waals surface area contributed by atoms with E-state index in [0.29, 0.717) is 16.9 Å². The van der Waals surface area contributed by atoms with Crippen LogP contribution >= 0.6 is 0 Å². The highest BCUT2D eigenvalue weighted by Gasteiger charge is 2.15. The lowest BCUT2D eigenvalue weighted by atomic mass is 9.87. The Labute approximate surface area is 179 Å². The molecule has 0 saturated carbocycles. The number of rotatable bonds is 5. The van der Waals surface area contributed by atoms with Gasteiger partial charge in [-0.25, -0.2) is 14.9 Å². The minimum atomic E-state index is -1.07. The number of nitrogens with zero attached hydrogens (tertiary/aromatic N) is 2. The van der Waals surface area contributed by atoms with Gasteiger partial charge in [-0.3, -0.25) is 14.7 Å². The van der Waals surface area contributed by atoms with Crippen LogP contribution in [0.15, 0.2) is 58.4 Å². The second-order valence-electron chi connectivity index (χ2n) is 8.17. The van der Waals surface area contributed by atoms with Gasteiger partial charge in [0.15, 0.2) is 0 Å². The first-order valence-electron chi connectivity index (χ1n) is 9.67. The van der Waals surface area contributed by atoms with Gasteiger partial charge in [-0.15, -0.1) is 0 Å². The van der Waals surface area contributed by atoms with Gasteiger partial charge in [0.25, 0.3) is 11.5 Å². The highest BCUT2D eigenvalue weighted by atomic mass is 16.4. The van der Waals surface area contributed by atoms with Crippen molar-refractivity contribution in [2.45, 2.75) is 33.1 Å². The fourth-order valence-corrected chi connectivity index (χ4v) is 2.99. The number of aryl methyl sites for hydroxylation is 1. The molecule has 0 saturated heterocycles. The van der Waals surface area contributed by atoms with Crippen molar-refractivity contribution in [1.29, 1.82) is 0 Å². The Morgan fingerprint density at radius 1 is 1.03 bits per heavy atom. The van der Waals surface area contributed by atoms with Gasteiger partial charge in [-0.1, -0.05) is 32.9 Å². The van der Waals surface area contributed by atoms with E-state index in [9.17, 15) is 14.4 Å². The van der Waals surface area contributed by atoms with Gasteiger partial charge in [0.2, 0.25) is 0 Å². The topological polar surface area (TPSA) is 117 Å². The molecule has 0 fully saturated rings. The average Bonchev–Trinajstić information content (AvgIpc) is 3.01. The molecule has 3 N–H and O–H groups in total. The van der Waals surface area contributed by atoms with E-state index in [4.69, 9.17) is 5.11 Å². The van der Waals surface area contributed by atoms with Gasteiger partial charge in [0.05, 0.1) is 23.0 Å². The monoisotopic (exact) mass is 420 g/mol. The number of nitrogens with one attached hydrogen (secondary N) is 2. The molecule has 1 aromatic heterocycles. The quantitative estimate of drug-likeness (QED) is 0.434. The van der Waals surface area contributed by atoms with Crippen LogP contribution in [-0.2, 0) is 5.41 Å². The molecule has 8 heteroatoms. The van der Waals surface area contributed by atoms with Crippen molar-refractivity contribution < 1.29 is 14.7 Å². The van der Waals surface area contributed by atoms with E-state index in [1.807, 2.05) is 24.3 Å². The summed E-state index contributed by atoms with van der Waals surface area (Å²) in [5, 5.41) is 15.8. The number of aromatic nitrogens is 2. The molecule has 0 atom stereocenters. The molecule has 0 bridgehead atoms. The van der Waals surface area contributed by atoms with Gasteiger partial charge in [0, 0.05) is 11.3 Å². The Kier molecular flexibility index (Phi) is 5.92. The van der Waals surface area contributed by atoms with Crippen LogP contribution in [0.25, 0.3) is 5.69 Å².